The zero-order valence-electron chi connectivity index (χ0n) is 12.9. The SMILES string of the molecule is CCC(C)(C)c1c(C)ccc2c1oc1nc(C)ccc12. The molecule has 2 aromatic heterocycles. The van der Waals surface area contributed by atoms with E-state index < -0.39 is 0 Å². The molecule has 0 saturated heterocycles. The molecule has 3 aromatic rings. The predicted octanol–water partition coefficient (Wildman–Crippen LogP) is 5.29. The monoisotopic (exact) mass is 267 g/mol. The highest BCUT2D eigenvalue weighted by Crippen LogP contribution is 2.39. The Bertz CT molecular complexity index is 796. The van der Waals surface area contributed by atoms with E-state index in [0.717, 1.165) is 28.8 Å². The smallest absolute Gasteiger partial charge is 0.227 e. The summed E-state index contributed by atoms with van der Waals surface area (Å²) in [6.45, 7) is 10.9. The summed E-state index contributed by atoms with van der Waals surface area (Å²) in [5, 5.41) is 2.29. The van der Waals surface area contributed by atoms with E-state index in [4.69, 9.17) is 4.42 Å². The lowest BCUT2D eigenvalue weighted by Gasteiger charge is -2.25. The minimum Gasteiger partial charge on any atom is -0.437 e. The molecule has 2 heteroatoms. The Morgan fingerprint density at radius 3 is 2.45 bits per heavy atom. The summed E-state index contributed by atoms with van der Waals surface area (Å²) in [5.74, 6) is 0. The van der Waals surface area contributed by atoms with Crippen molar-refractivity contribution in [3.8, 4) is 0 Å². The fourth-order valence-electron chi connectivity index (χ4n) is 2.93. The molecule has 0 aliphatic heterocycles. The molecular weight excluding hydrogens is 246 g/mol. The molecular formula is C18H21NO. The fraction of sp³-hybridized carbons (Fsp3) is 0.389. The van der Waals surface area contributed by atoms with E-state index in [1.54, 1.807) is 0 Å². The molecule has 20 heavy (non-hydrogen) atoms. The van der Waals surface area contributed by atoms with Crippen molar-refractivity contribution in [1.29, 1.82) is 0 Å². The fourth-order valence-corrected chi connectivity index (χ4v) is 2.93. The van der Waals surface area contributed by atoms with Gasteiger partial charge in [0, 0.05) is 22.0 Å². The molecule has 0 unspecified atom stereocenters. The first-order valence-corrected chi connectivity index (χ1v) is 7.24. The van der Waals surface area contributed by atoms with Crippen LogP contribution >= 0.6 is 0 Å². The van der Waals surface area contributed by atoms with Gasteiger partial charge in [-0.1, -0.05) is 32.9 Å². The third kappa shape index (κ3) is 1.82. The normalized spacial score (nSPS) is 12.4. The largest absolute Gasteiger partial charge is 0.437 e. The second-order valence-corrected chi connectivity index (χ2v) is 6.28. The van der Waals surface area contributed by atoms with Gasteiger partial charge in [-0.15, -0.1) is 0 Å². The molecule has 3 rings (SSSR count). The first kappa shape index (κ1) is 13.2. The molecule has 1 aromatic carbocycles. The van der Waals surface area contributed by atoms with Crippen molar-refractivity contribution >= 4 is 22.1 Å². The molecule has 2 nitrogen and oxygen atoms in total. The summed E-state index contributed by atoms with van der Waals surface area (Å²) in [6, 6.07) is 8.51. The summed E-state index contributed by atoms with van der Waals surface area (Å²) in [6.07, 6.45) is 1.08. The van der Waals surface area contributed by atoms with Crippen LogP contribution in [0.25, 0.3) is 22.1 Å². The number of furan rings is 1. The lowest BCUT2D eigenvalue weighted by Crippen LogP contribution is -2.17. The summed E-state index contributed by atoms with van der Waals surface area (Å²) < 4.78 is 6.12. The van der Waals surface area contributed by atoms with Gasteiger partial charge in [0.1, 0.15) is 5.58 Å². The van der Waals surface area contributed by atoms with Crippen molar-refractivity contribution in [3.05, 3.63) is 41.1 Å². The molecule has 0 aliphatic carbocycles. The van der Waals surface area contributed by atoms with Crippen molar-refractivity contribution in [2.75, 3.05) is 0 Å². The Kier molecular flexibility index (Phi) is 2.86. The van der Waals surface area contributed by atoms with Gasteiger partial charge in [-0.05, 0) is 43.4 Å². The quantitative estimate of drug-likeness (QED) is 0.631. The summed E-state index contributed by atoms with van der Waals surface area (Å²) in [4.78, 5) is 4.52. The number of hydrogen-bond acceptors (Lipinski definition) is 2. The number of hydrogen-bond donors (Lipinski definition) is 0. The van der Waals surface area contributed by atoms with Gasteiger partial charge in [-0.25, -0.2) is 4.98 Å². The van der Waals surface area contributed by atoms with Gasteiger partial charge in [-0.2, -0.15) is 0 Å². The minimum absolute atomic E-state index is 0.104. The number of pyridine rings is 1. The van der Waals surface area contributed by atoms with Crippen LogP contribution < -0.4 is 0 Å². The topological polar surface area (TPSA) is 26.0 Å². The molecule has 0 atom stereocenters. The first-order valence-electron chi connectivity index (χ1n) is 7.24. The van der Waals surface area contributed by atoms with Gasteiger partial charge in [-0.3, -0.25) is 0 Å². The van der Waals surface area contributed by atoms with Crippen LogP contribution in [0.15, 0.2) is 28.7 Å². The van der Waals surface area contributed by atoms with Crippen LogP contribution in [0.3, 0.4) is 0 Å². The maximum absolute atomic E-state index is 6.12. The molecule has 0 fully saturated rings. The van der Waals surface area contributed by atoms with E-state index in [-0.39, 0.29) is 5.41 Å². The zero-order chi connectivity index (χ0) is 14.5. The number of fused-ring (bicyclic) bond motifs is 3. The van der Waals surface area contributed by atoms with Crippen LogP contribution in [0.4, 0.5) is 0 Å². The molecule has 0 bridgehead atoms. The van der Waals surface area contributed by atoms with E-state index in [1.807, 2.05) is 13.0 Å². The Hall–Kier alpha value is -1.83. The molecule has 2 heterocycles. The molecule has 0 amide bonds. The highest BCUT2D eigenvalue weighted by Gasteiger charge is 2.25. The van der Waals surface area contributed by atoms with Gasteiger partial charge in [0.05, 0.1) is 0 Å². The maximum atomic E-state index is 6.12. The first-order chi connectivity index (χ1) is 9.44. The van der Waals surface area contributed by atoms with E-state index in [2.05, 4.69) is 50.9 Å². The molecule has 0 aliphatic rings. The van der Waals surface area contributed by atoms with Crippen LogP contribution in [0.2, 0.25) is 0 Å². The van der Waals surface area contributed by atoms with Crippen molar-refractivity contribution in [2.24, 2.45) is 0 Å². The molecule has 0 N–H and O–H groups in total. The highest BCUT2D eigenvalue weighted by molar-refractivity contribution is 6.05. The van der Waals surface area contributed by atoms with Crippen LogP contribution in [0, 0.1) is 13.8 Å². The Labute approximate surface area is 119 Å². The zero-order valence-corrected chi connectivity index (χ0v) is 12.9. The second-order valence-electron chi connectivity index (χ2n) is 6.28. The Morgan fingerprint density at radius 2 is 1.75 bits per heavy atom. The summed E-state index contributed by atoms with van der Waals surface area (Å²) in [5.41, 5.74) is 5.45. The molecule has 0 spiro atoms. The minimum atomic E-state index is 0.104. The standard InChI is InChI=1S/C18H21NO/c1-6-18(4,5)15-11(2)7-9-13-14-10-8-12(3)19-17(14)20-16(13)15/h7-10H,6H2,1-5H3. The molecule has 0 saturated carbocycles. The van der Waals surface area contributed by atoms with Crippen molar-refractivity contribution in [1.82, 2.24) is 4.98 Å². The van der Waals surface area contributed by atoms with Crippen molar-refractivity contribution in [3.63, 3.8) is 0 Å². The number of aromatic nitrogens is 1. The van der Waals surface area contributed by atoms with E-state index in [9.17, 15) is 0 Å². The van der Waals surface area contributed by atoms with Crippen molar-refractivity contribution < 1.29 is 4.42 Å². The van der Waals surface area contributed by atoms with Crippen molar-refractivity contribution in [2.45, 2.75) is 46.5 Å². The summed E-state index contributed by atoms with van der Waals surface area (Å²) >= 11 is 0. The second kappa shape index (κ2) is 4.34. The van der Waals surface area contributed by atoms with Gasteiger partial charge < -0.3 is 4.42 Å². The third-order valence-electron chi connectivity index (χ3n) is 4.42. The predicted molar refractivity (Wildman–Crippen MR) is 84.3 cm³/mol. The average Bonchev–Trinajstić information content (AvgIpc) is 2.74. The van der Waals surface area contributed by atoms with Crippen LogP contribution in [-0.4, -0.2) is 4.98 Å². The number of nitrogens with zero attached hydrogens (tertiary/aromatic N) is 1. The van der Waals surface area contributed by atoms with Gasteiger partial charge in [0.2, 0.25) is 5.71 Å². The summed E-state index contributed by atoms with van der Waals surface area (Å²) in [7, 11) is 0. The Morgan fingerprint density at radius 1 is 1.05 bits per heavy atom. The number of aryl methyl sites for hydroxylation is 2. The van der Waals surface area contributed by atoms with E-state index in [1.165, 1.54) is 16.5 Å². The van der Waals surface area contributed by atoms with Gasteiger partial charge >= 0.3 is 0 Å². The average molecular weight is 267 g/mol. The molecule has 104 valence electrons. The van der Waals surface area contributed by atoms with E-state index in [0.29, 0.717) is 0 Å². The maximum Gasteiger partial charge on any atom is 0.227 e. The van der Waals surface area contributed by atoms with Gasteiger partial charge in [0.25, 0.3) is 0 Å². The lowest BCUT2D eigenvalue weighted by atomic mass is 9.79. The van der Waals surface area contributed by atoms with E-state index >= 15 is 0 Å². The molecule has 0 radical (unpaired) electrons. The van der Waals surface area contributed by atoms with Crippen LogP contribution in [-0.2, 0) is 5.41 Å². The van der Waals surface area contributed by atoms with Crippen LogP contribution in [0.1, 0.15) is 44.0 Å². The van der Waals surface area contributed by atoms with Crippen LogP contribution in [0.5, 0.6) is 0 Å². The Balaban J connectivity index is 2.46. The third-order valence-corrected chi connectivity index (χ3v) is 4.42. The number of benzene rings is 1. The van der Waals surface area contributed by atoms with Gasteiger partial charge in [0.15, 0.2) is 0 Å². The highest BCUT2D eigenvalue weighted by atomic mass is 16.3. The number of rotatable bonds is 2. The lowest BCUT2D eigenvalue weighted by molar-refractivity contribution is 0.497.